The highest BCUT2D eigenvalue weighted by atomic mass is 35.5. The molecule has 3 rings (SSSR count). The number of hydrogen-bond acceptors (Lipinski definition) is 4. The van der Waals surface area contributed by atoms with E-state index in [1.54, 1.807) is 24.3 Å². The molecule has 0 fully saturated rings. The minimum Gasteiger partial charge on any atom is -0.478 e. The van der Waals surface area contributed by atoms with Crippen LogP contribution >= 0.6 is 11.6 Å². The molecule has 6 heteroatoms. The fourth-order valence-corrected chi connectivity index (χ4v) is 2.54. The van der Waals surface area contributed by atoms with E-state index in [9.17, 15) is 15.0 Å². The molecule has 0 aliphatic rings. The molecular formula is C23H23ClN2O3. The molecule has 0 aromatic heterocycles. The summed E-state index contributed by atoms with van der Waals surface area (Å²) in [7, 11) is 0. The van der Waals surface area contributed by atoms with E-state index in [0.717, 1.165) is 0 Å². The maximum atomic E-state index is 11.7. The van der Waals surface area contributed by atoms with Crippen LogP contribution in [0, 0.1) is 0 Å². The van der Waals surface area contributed by atoms with Crippen LogP contribution in [0.25, 0.3) is 11.1 Å². The van der Waals surface area contributed by atoms with Crippen molar-refractivity contribution in [3.63, 3.8) is 0 Å². The van der Waals surface area contributed by atoms with Crippen LogP contribution in [0.3, 0.4) is 0 Å². The van der Waals surface area contributed by atoms with Crippen molar-refractivity contribution in [2.75, 3.05) is 24.9 Å². The summed E-state index contributed by atoms with van der Waals surface area (Å²) in [5, 5.41) is 25.2. The summed E-state index contributed by atoms with van der Waals surface area (Å²) in [4.78, 5) is 11.7. The van der Waals surface area contributed by atoms with Gasteiger partial charge in [-0.1, -0.05) is 47.9 Å². The lowest BCUT2D eigenvalue weighted by Gasteiger charge is -2.13. The third-order valence-corrected chi connectivity index (χ3v) is 3.95. The summed E-state index contributed by atoms with van der Waals surface area (Å²) in [5.41, 5.74) is -2.29. The molecule has 0 amide bonds. The van der Waals surface area contributed by atoms with Crippen molar-refractivity contribution in [3.05, 3.63) is 88.8 Å². The fourth-order valence-electron chi connectivity index (χ4n) is 2.34. The van der Waals surface area contributed by atoms with Crippen molar-refractivity contribution < 1.29 is 28.7 Å². The van der Waals surface area contributed by atoms with E-state index in [-0.39, 0.29) is 6.54 Å². The van der Waals surface area contributed by atoms with Gasteiger partial charge in [0.1, 0.15) is 0 Å². The number of nitrogens with one attached hydrogen (secondary N) is 2. The molecule has 4 N–H and O–H groups in total. The van der Waals surface area contributed by atoms with Crippen LogP contribution in [-0.4, -0.2) is 35.8 Å². The first-order valence-corrected chi connectivity index (χ1v) is 8.83. The first-order valence-electron chi connectivity index (χ1n) is 13.5. The summed E-state index contributed by atoms with van der Waals surface area (Å²) >= 11 is 5.92. The molecule has 1 atom stereocenters. The van der Waals surface area contributed by atoms with Gasteiger partial charge in [0.15, 0.2) is 0 Å². The number of carboxylic acids is 1. The third-order valence-electron chi connectivity index (χ3n) is 3.71. The average Bonchev–Trinajstić information content (AvgIpc) is 2.85. The summed E-state index contributed by atoms with van der Waals surface area (Å²) in [5.74, 6) is -1.73. The number of carbonyl (C=O) groups is 1. The topological polar surface area (TPSA) is 81.6 Å². The van der Waals surface area contributed by atoms with Gasteiger partial charge in [0, 0.05) is 30.3 Å². The Morgan fingerprint density at radius 2 is 1.93 bits per heavy atom. The highest BCUT2D eigenvalue weighted by Crippen LogP contribution is 2.23. The molecule has 0 saturated heterocycles. The van der Waals surface area contributed by atoms with E-state index in [1.165, 1.54) is 0 Å². The number of aromatic carboxylic acids is 1. The molecule has 0 saturated carbocycles. The van der Waals surface area contributed by atoms with E-state index in [1.807, 2.05) is 0 Å². The Hall–Kier alpha value is -2.86. The molecule has 0 radical (unpaired) electrons. The van der Waals surface area contributed by atoms with Gasteiger partial charge in [-0.15, -0.1) is 0 Å². The highest BCUT2D eigenvalue weighted by molar-refractivity contribution is 6.30. The normalized spacial score (nSPS) is 17.2. The molecule has 0 bridgehead atoms. The predicted octanol–water partition coefficient (Wildman–Crippen LogP) is 4.44. The summed E-state index contributed by atoms with van der Waals surface area (Å²) in [6.07, 6.45) is -1.03. The van der Waals surface area contributed by atoms with Gasteiger partial charge in [0.2, 0.25) is 0 Å². The maximum Gasteiger partial charge on any atom is 0.335 e. The van der Waals surface area contributed by atoms with Gasteiger partial charge < -0.3 is 20.8 Å². The molecule has 29 heavy (non-hydrogen) atoms. The first-order chi connectivity index (χ1) is 18.1. The molecule has 0 aliphatic carbocycles. The zero-order valence-corrected chi connectivity index (χ0v) is 15.7. The van der Waals surface area contributed by atoms with E-state index < -0.39 is 95.8 Å². The second-order valence-corrected chi connectivity index (χ2v) is 6.25. The Labute approximate surface area is 189 Å². The van der Waals surface area contributed by atoms with Crippen LogP contribution in [0.15, 0.2) is 72.6 Å². The predicted molar refractivity (Wildman–Crippen MR) is 117 cm³/mol. The molecule has 0 heterocycles. The highest BCUT2D eigenvalue weighted by Gasteiger charge is 2.07. The lowest BCUT2D eigenvalue weighted by Crippen LogP contribution is -2.26. The standard InChI is InChI=1S/C23H23ClN2O3/c24-20-8-2-6-18(13-20)22(27)15-25-10-11-26-21-9-3-5-17(14-21)16-4-1-7-19(12-16)23(28)29/h1-9,12-14,22,25-27H,10-11,15H2,(H,28,29)/t22-/m0/s1/i1D,3D,4D,5D,7D,9D,11D2,12D,14D. The minimum absolute atomic E-state index is 0.0856. The fraction of sp³-hybridized carbons (Fsp3) is 0.174. The Bertz CT molecular complexity index is 1450. The minimum atomic E-state index is -2.38. The molecule has 0 spiro atoms. The quantitative estimate of drug-likeness (QED) is 0.411. The second kappa shape index (κ2) is 10.1. The van der Waals surface area contributed by atoms with Crippen LogP contribution < -0.4 is 10.6 Å². The smallest absolute Gasteiger partial charge is 0.335 e. The number of aliphatic hydroxyl groups is 1. The molecule has 3 aromatic rings. The number of hydrogen-bond donors (Lipinski definition) is 4. The molecular weight excluding hydrogens is 388 g/mol. The van der Waals surface area contributed by atoms with Crippen LogP contribution in [0.2, 0.25) is 5.02 Å². The SMILES string of the molecule is [2H]c1c([2H])c(NC([2H])([2H])CNC[C@H](O)c2cccc(Cl)c2)c([2H])c(-c2c([2H])c([2H])c([2H])c(C(=O)O)c2[2H])c1[2H]. The van der Waals surface area contributed by atoms with Crippen molar-refractivity contribution in [1.82, 2.24) is 5.32 Å². The van der Waals surface area contributed by atoms with Gasteiger partial charge in [0.05, 0.1) is 25.4 Å². The van der Waals surface area contributed by atoms with Crippen molar-refractivity contribution in [2.24, 2.45) is 0 Å². The Kier molecular flexibility index (Phi) is 3.94. The monoisotopic (exact) mass is 420 g/mol. The van der Waals surface area contributed by atoms with Crippen LogP contribution in [0.1, 0.15) is 35.7 Å². The second-order valence-electron chi connectivity index (χ2n) is 5.81. The molecule has 0 aliphatic heterocycles. The number of aliphatic hydroxyl groups excluding tert-OH is 1. The lowest BCUT2D eigenvalue weighted by atomic mass is 10.0. The van der Waals surface area contributed by atoms with Gasteiger partial charge in [-0.2, -0.15) is 0 Å². The van der Waals surface area contributed by atoms with Crippen LogP contribution in [0.5, 0.6) is 0 Å². The van der Waals surface area contributed by atoms with Crippen LogP contribution in [-0.2, 0) is 0 Å². The van der Waals surface area contributed by atoms with Gasteiger partial charge in [-0.3, -0.25) is 0 Å². The van der Waals surface area contributed by atoms with Crippen LogP contribution in [0.4, 0.5) is 5.69 Å². The van der Waals surface area contributed by atoms with E-state index >= 15 is 0 Å². The Morgan fingerprint density at radius 1 is 1.17 bits per heavy atom. The van der Waals surface area contributed by atoms with Gasteiger partial charge in [0.25, 0.3) is 0 Å². The number of anilines is 1. The zero-order chi connectivity index (χ0) is 29.4. The molecule has 150 valence electrons. The van der Waals surface area contributed by atoms with E-state index in [0.29, 0.717) is 10.6 Å². The zero-order valence-electron chi connectivity index (χ0n) is 25.0. The van der Waals surface area contributed by atoms with E-state index in [4.69, 9.17) is 25.3 Å². The third kappa shape index (κ3) is 6.06. The van der Waals surface area contributed by atoms with Crippen molar-refractivity contribution in [3.8, 4) is 11.1 Å². The molecule has 3 aromatic carbocycles. The largest absolute Gasteiger partial charge is 0.478 e. The first kappa shape index (κ1) is 11.4. The van der Waals surface area contributed by atoms with Gasteiger partial charge >= 0.3 is 5.97 Å². The van der Waals surface area contributed by atoms with Crippen molar-refractivity contribution in [1.29, 1.82) is 0 Å². The lowest BCUT2D eigenvalue weighted by molar-refractivity contribution is 0.0697. The molecule has 5 nitrogen and oxygen atoms in total. The Balaban J connectivity index is 1.99. The number of carboxylic acid groups (broad SMARTS) is 1. The van der Waals surface area contributed by atoms with Crippen molar-refractivity contribution in [2.45, 2.75) is 6.10 Å². The number of benzene rings is 3. The maximum absolute atomic E-state index is 11.7. The molecule has 0 unspecified atom stereocenters. The van der Waals surface area contributed by atoms with Crippen molar-refractivity contribution >= 4 is 23.3 Å². The number of halogens is 1. The summed E-state index contributed by atoms with van der Waals surface area (Å²) in [6.45, 7) is -2.91. The summed E-state index contributed by atoms with van der Waals surface area (Å²) in [6, 6.07) is -0.131. The van der Waals surface area contributed by atoms with Gasteiger partial charge in [-0.25, -0.2) is 4.79 Å². The van der Waals surface area contributed by atoms with Gasteiger partial charge in [-0.05, 0) is 53.0 Å². The number of rotatable bonds is 9. The van der Waals surface area contributed by atoms with E-state index in [2.05, 4.69) is 10.6 Å². The Morgan fingerprint density at radius 3 is 2.69 bits per heavy atom. The average molecular weight is 421 g/mol. The summed E-state index contributed by atoms with van der Waals surface area (Å²) < 4.78 is 82.0.